The average Bonchev–Trinajstić information content (AvgIpc) is 3.43. The van der Waals surface area contributed by atoms with E-state index in [1.165, 1.54) is 0 Å². The van der Waals surface area contributed by atoms with Crippen LogP contribution in [0.4, 0.5) is 5.82 Å². The van der Waals surface area contributed by atoms with E-state index in [4.69, 9.17) is 9.84 Å². The molecule has 4 rings (SSSR count). The lowest BCUT2D eigenvalue weighted by Gasteiger charge is -2.24. The lowest BCUT2D eigenvalue weighted by atomic mass is 9.88. The van der Waals surface area contributed by atoms with Crippen molar-refractivity contribution in [2.75, 3.05) is 24.3 Å². The molecule has 0 spiro atoms. The number of anilines is 1. The van der Waals surface area contributed by atoms with Crippen LogP contribution in [-0.2, 0) is 15.0 Å². The van der Waals surface area contributed by atoms with Gasteiger partial charge in [-0.1, -0.05) is 26.8 Å². The summed E-state index contributed by atoms with van der Waals surface area (Å²) in [6, 6.07) is 11.7. The summed E-state index contributed by atoms with van der Waals surface area (Å²) in [4.78, 5) is 29.2. The number of thiophene rings is 1. The maximum Gasteiger partial charge on any atom is 0.240 e. The van der Waals surface area contributed by atoms with Crippen LogP contribution in [0, 0.1) is 0 Å². The van der Waals surface area contributed by atoms with Gasteiger partial charge in [0.05, 0.1) is 29.5 Å². The summed E-state index contributed by atoms with van der Waals surface area (Å²) < 4.78 is 7.16. The smallest absolute Gasteiger partial charge is 0.240 e. The van der Waals surface area contributed by atoms with Crippen LogP contribution in [0.2, 0.25) is 0 Å². The first kappa shape index (κ1) is 25.3. The van der Waals surface area contributed by atoms with E-state index in [1.54, 1.807) is 35.1 Å². The zero-order chi connectivity index (χ0) is 25.3. The third kappa shape index (κ3) is 5.26. The molecule has 2 amide bonds. The highest BCUT2D eigenvalue weighted by molar-refractivity contribution is 8.00. The van der Waals surface area contributed by atoms with Crippen molar-refractivity contribution in [3.8, 4) is 11.4 Å². The highest BCUT2D eigenvalue weighted by atomic mass is 32.2. The molecule has 9 heteroatoms. The summed E-state index contributed by atoms with van der Waals surface area (Å²) in [5.41, 5.74) is 2.43. The number of aromatic nitrogens is 2. The second kappa shape index (κ2) is 10.1. The Balaban J connectivity index is 1.98. The molecule has 0 saturated heterocycles. The average molecular weight is 513 g/mol. The van der Waals surface area contributed by atoms with Gasteiger partial charge in [-0.2, -0.15) is 5.10 Å². The predicted octanol–water partition coefficient (Wildman–Crippen LogP) is 4.93. The zero-order valence-electron chi connectivity index (χ0n) is 21.0. The molecule has 0 bridgehead atoms. The Kier molecular flexibility index (Phi) is 7.28. The van der Waals surface area contributed by atoms with Crippen LogP contribution < -0.4 is 15.0 Å². The molecule has 1 aliphatic rings. The summed E-state index contributed by atoms with van der Waals surface area (Å²) in [6.07, 6.45) is 0. The number of rotatable bonds is 6. The van der Waals surface area contributed by atoms with Crippen LogP contribution in [0.25, 0.3) is 5.69 Å². The molecule has 7 nitrogen and oxygen atoms in total. The number of thioether (sulfide) groups is 1. The van der Waals surface area contributed by atoms with Gasteiger partial charge in [0.1, 0.15) is 18.1 Å². The Morgan fingerprint density at radius 1 is 1.23 bits per heavy atom. The van der Waals surface area contributed by atoms with Gasteiger partial charge in [-0.25, -0.2) is 4.68 Å². The molecular formula is C26H32N4O3S2. The van der Waals surface area contributed by atoms with E-state index in [0.29, 0.717) is 5.82 Å². The molecule has 0 saturated carbocycles. The van der Waals surface area contributed by atoms with Crippen LogP contribution >= 0.6 is 23.1 Å². The predicted molar refractivity (Wildman–Crippen MR) is 143 cm³/mol. The standard InChI is InChI=1S/C26H32N4O3S2/c1-16(2)27-20(31)14-29-21(32)15-35-23(19-8-7-13-34-19)22-24(26(3,4)5)28-30(25(22)29)17-9-11-18(33-6)12-10-17/h7-13,16,23H,14-15H2,1-6H3,(H,27,31). The molecule has 1 N–H and O–H groups in total. The van der Waals surface area contributed by atoms with Crippen LogP contribution in [0.1, 0.15) is 56.0 Å². The van der Waals surface area contributed by atoms with Gasteiger partial charge in [-0.15, -0.1) is 23.1 Å². The highest BCUT2D eigenvalue weighted by Gasteiger charge is 2.40. The molecule has 0 radical (unpaired) electrons. The Labute approximate surface area is 214 Å². The van der Waals surface area contributed by atoms with Crippen molar-refractivity contribution in [1.82, 2.24) is 15.1 Å². The number of benzene rings is 1. The number of amides is 2. The fraction of sp³-hybridized carbons (Fsp3) is 0.423. The van der Waals surface area contributed by atoms with E-state index in [2.05, 4.69) is 37.5 Å². The minimum Gasteiger partial charge on any atom is -0.497 e. The largest absolute Gasteiger partial charge is 0.497 e. The molecule has 1 aliphatic heterocycles. The Morgan fingerprint density at radius 3 is 2.51 bits per heavy atom. The Morgan fingerprint density at radius 2 is 1.94 bits per heavy atom. The van der Waals surface area contributed by atoms with Crippen molar-refractivity contribution in [1.29, 1.82) is 0 Å². The second-order valence-electron chi connectivity index (χ2n) is 9.85. The molecule has 1 aromatic carbocycles. The number of ether oxygens (including phenoxy) is 1. The summed E-state index contributed by atoms with van der Waals surface area (Å²) in [7, 11) is 1.63. The van der Waals surface area contributed by atoms with Gasteiger partial charge in [0.15, 0.2) is 0 Å². The van der Waals surface area contributed by atoms with E-state index in [1.807, 2.05) is 48.9 Å². The van der Waals surface area contributed by atoms with Gasteiger partial charge in [0.2, 0.25) is 11.8 Å². The zero-order valence-corrected chi connectivity index (χ0v) is 22.6. The van der Waals surface area contributed by atoms with Crippen molar-refractivity contribution in [3.05, 3.63) is 57.9 Å². The maximum atomic E-state index is 13.5. The third-order valence-corrected chi connectivity index (χ3v) is 7.99. The number of carbonyl (C=O) groups is 2. The second-order valence-corrected chi connectivity index (χ2v) is 11.9. The van der Waals surface area contributed by atoms with Crippen molar-refractivity contribution in [3.63, 3.8) is 0 Å². The van der Waals surface area contributed by atoms with Gasteiger partial charge in [-0.05, 0) is 49.6 Å². The minimum atomic E-state index is -0.281. The first-order valence-corrected chi connectivity index (χ1v) is 13.6. The quantitative estimate of drug-likeness (QED) is 0.507. The van der Waals surface area contributed by atoms with Crippen molar-refractivity contribution >= 4 is 40.7 Å². The number of nitrogens with one attached hydrogen (secondary N) is 1. The SMILES string of the molecule is COc1ccc(-n2nc(C(C)(C)C)c3c2N(CC(=O)NC(C)C)C(=O)CSC3c2cccs2)cc1. The fourth-order valence-corrected chi connectivity index (χ4v) is 6.33. The molecular weight excluding hydrogens is 480 g/mol. The van der Waals surface area contributed by atoms with Crippen LogP contribution in [-0.4, -0.2) is 47.0 Å². The first-order chi connectivity index (χ1) is 16.6. The number of fused-ring (bicyclic) bond motifs is 1. The monoisotopic (exact) mass is 512 g/mol. The number of hydrogen-bond donors (Lipinski definition) is 1. The number of carbonyl (C=O) groups excluding carboxylic acids is 2. The molecule has 3 heterocycles. The number of methoxy groups -OCH3 is 1. The highest BCUT2D eigenvalue weighted by Crippen LogP contribution is 2.49. The number of nitrogens with zero attached hydrogens (tertiary/aromatic N) is 3. The van der Waals surface area contributed by atoms with E-state index in [-0.39, 0.29) is 40.8 Å². The molecule has 1 atom stereocenters. The van der Waals surface area contributed by atoms with E-state index in [9.17, 15) is 9.59 Å². The molecule has 2 aromatic heterocycles. The van der Waals surface area contributed by atoms with Crippen molar-refractivity contribution in [2.45, 2.75) is 51.3 Å². The number of hydrogen-bond acceptors (Lipinski definition) is 6. The van der Waals surface area contributed by atoms with Crippen LogP contribution in [0.15, 0.2) is 41.8 Å². The van der Waals surface area contributed by atoms with Crippen LogP contribution in [0.3, 0.4) is 0 Å². The lowest BCUT2D eigenvalue weighted by molar-refractivity contribution is -0.123. The third-order valence-electron chi connectivity index (χ3n) is 5.67. The topological polar surface area (TPSA) is 76.5 Å². The summed E-state index contributed by atoms with van der Waals surface area (Å²) >= 11 is 3.27. The van der Waals surface area contributed by atoms with E-state index < -0.39 is 0 Å². The molecule has 0 fully saturated rings. The first-order valence-electron chi connectivity index (χ1n) is 11.6. The van der Waals surface area contributed by atoms with E-state index in [0.717, 1.165) is 27.6 Å². The van der Waals surface area contributed by atoms with Gasteiger partial charge in [-0.3, -0.25) is 14.5 Å². The summed E-state index contributed by atoms with van der Waals surface area (Å²) in [5.74, 6) is 1.37. The lowest BCUT2D eigenvalue weighted by Crippen LogP contribution is -2.44. The van der Waals surface area contributed by atoms with Gasteiger partial charge in [0, 0.05) is 21.9 Å². The Bertz CT molecular complexity index is 1190. The summed E-state index contributed by atoms with van der Waals surface area (Å²) in [6.45, 7) is 10.2. The molecule has 0 aliphatic carbocycles. The maximum absolute atomic E-state index is 13.5. The van der Waals surface area contributed by atoms with E-state index >= 15 is 0 Å². The summed E-state index contributed by atoms with van der Waals surface area (Å²) in [5, 5.41) is 10.0. The van der Waals surface area contributed by atoms with Crippen LogP contribution in [0.5, 0.6) is 5.75 Å². The molecule has 186 valence electrons. The van der Waals surface area contributed by atoms with Gasteiger partial charge in [0.25, 0.3) is 0 Å². The Hall–Kier alpha value is -2.78. The van der Waals surface area contributed by atoms with Gasteiger partial charge >= 0.3 is 0 Å². The van der Waals surface area contributed by atoms with Crippen molar-refractivity contribution in [2.24, 2.45) is 0 Å². The minimum absolute atomic E-state index is 0.0195. The molecule has 3 aromatic rings. The molecule has 1 unspecified atom stereocenters. The van der Waals surface area contributed by atoms with Gasteiger partial charge < -0.3 is 10.1 Å². The van der Waals surface area contributed by atoms with Crippen molar-refractivity contribution < 1.29 is 14.3 Å². The fourth-order valence-electron chi connectivity index (χ4n) is 4.15. The normalized spacial score (nSPS) is 16.3. The molecule has 35 heavy (non-hydrogen) atoms.